The summed E-state index contributed by atoms with van der Waals surface area (Å²) in [5.41, 5.74) is 3.00. The molecule has 0 saturated carbocycles. The second-order valence-electron chi connectivity index (χ2n) is 7.72. The van der Waals surface area contributed by atoms with E-state index < -0.39 is 0 Å². The highest BCUT2D eigenvalue weighted by Crippen LogP contribution is 2.49. The van der Waals surface area contributed by atoms with Crippen LogP contribution in [-0.4, -0.2) is 30.7 Å². The third kappa shape index (κ3) is 2.78. The van der Waals surface area contributed by atoms with E-state index in [1.165, 1.54) is 11.1 Å². The average Bonchev–Trinajstić information content (AvgIpc) is 2.79. The van der Waals surface area contributed by atoms with Gasteiger partial charge in [-0.05, 0) is 31.5 Å². The van der Waals surface area contributed by atoms with Gasteiger partial charge in [-0.1, -0.05) is 61.9 Å². The van der Waals surface area contributed by atoms with Gasteiger partial charge in [-0.25, -0.2) is 9.98 Å². The number of hydrogen-bond donors (Lipinski definition) is 0. The first-order valence-corrected chi connectivity index (χ1v) is 8.74. The van der Waals surface area contributed by atoms with Crippen molar-refractivity contribution in [2.75, 3.05) is 14.1 Å². The molecular weight excluding hydrogens is 306 g/mol. The first-order chi connectivity index (χ1) is 11.8. The zero-order valence-electron chi connectivity index (χ0n) is 16.0. The lowest BCUT2D eigenvalue weighted by Gasteiger charge is -2.41. The minimum absolute atomic E-state index is 0.223. The van der Waals surface area contributed by atoms with Crippen LogP contribution in [-0.2, 0) is 5.41 Å². The van der Waals surface area contributed by atoms with Gasteiger partial charge in [-0.15, -0.1) is 0 Å². The predicted octanol–water partition coefficient (Wildman–Crippen LogP) is 4.98. The molecule has 0 spiro atoms. The van der Waals surface area contributed by atoms with E-state index >= 15 is 0 Å². The summed E-state index contributed by atoms with van der Waals surface area (Å²) in [5.74, 6) is 1.93. The van der Waals surface area contributed by atoms with Crippen molar-refractivity contribution >= 4 is 17.4 Å². The number of nitrogens with zero attached hydrogens (tertiary/aromatic N) is 3. The lowest BCUT2D eigenvalue weighted by Crippen LogP contribution is -2.48. The summed E-state index contributed by atoms with van der Waals surface area (Å²) in [6.07, 6.45) is 0. The lowest BCUT2D eigenvalue weighted by atomic mass is 9.63. The van der Waals surface area contributed by atoms with E-state index in [1.807, 2.05) is 0 Å². The van der Waals surface area contributed by atoms with Crippen LogP contribution in [0.25, 0.3) is 0 Å². The van der Waals surface area contributed by atoms with Crippen molar-refractivity contribution in [3.8, 4) is 0 Å². The van der Waals surface area contributed by atoms with E-state index in [4.69, 9.17) is 9.98 Å². The number of benzene rings is 2. The van der Waals surface area contributed by atoms with Crippen molar-refractivity contribution < 1.29 is 0 Å². The Morgan fingerprint density at radius 3 is 2.04 bits per heavy atom. The summed E-state index contributed by atoms with van der Waals surface area (Å²) in [5, 5.41) is 0. The minimum atomic E-state index is -0.235. The summed E-state index contributed by atoms with van der Waals surface area (Å²) >= 11 is 0. The summed E-state index contributed by atoms with van der Waals surface area (Å²) in [4.78, 5) is 12.0. The number of amidine groups is 2. The smallest absolute Gasteiger partial charge is 0.138 e. The number of likely N-dealkylation sites (N-methyl/N-ethyl adjacent to an activating group) is 1. The molecule has 1 aliphatic rings. The lowest BCUT2D eigenvalue weighted by molar-refractivity contribution is 0.348. The van der Waals surface area contributed by atoms with Crippen LogP contribution in [0.5, 0.6) is 0 Å². The fourth-order valence-electron chi connectivity index (χ4n) is 3.57. The molecule has 130 valence electrons. The van der Waals surface area contributed by atoms with Crippen LogP contribution in [0.1, 0.15) is 31.9 Å². The van der Waals surface area contributed by atoms with E-state index in [0.717, 1.165) is 17.4 Å². The number of rotatable bonds is 2. The molecule has 0 fully saturated rings. The number of hydrogen-bond acceptors (Lipinski definition) is 2. The van der Waals surface area contributed by atoms with Crippen LogP contribution in [0.15, 0.2) is 64.6 Å². The maximum absolute atomic E-state index is 4.98. The van der Waals surface area contributed by atoms with Gasteiger partial charge in [0.25, 0.3) is 0 Å². The summed E-state index contributed by atoms with van der Waals surface area (Å²) < 4.78 is 0. The highest BCUT2D eigenvalue weighted by molar-refractivity contribution is 6.13. The Morgan fingerprint density at radius 2 is 1.48 bits per heavy atom. The van der Waals surface area contributed by atoms with Crippen LogP contribution >= 0.6 is 0 Å². The van der Waals surface area contributed by atoms with E-state index in [2.05, 4.69) is 101 Å². The van der Waals surface area contributed by atoms with Gasteiger partial charge in [0.2, 0.25) is 0 Å². The summed E-state index contributed by atoms with van der Waals surface area (Å²) in [6.45, 7) is 8.85. The van der Waals surface area contributed by atoms with Crippen molar-refractivity contribution in [1.29, 1.82) is 0 Å². The van der Waals surface area contributed by atoms with Crippen LogP contribution in [0.2, 0.25) is 0 Å². The fraction of sp³-hybridized carbons (Fsp3) is 0.364. The molecule has 0 amide bonds. The molecule has 3 rings (SSSR count). The minimum Gasteiger partial charge on any atom is -0.365 e. The van der Waals surface area contributed by atoms with Crippen molar-refractivity contribution in [1.82, 2.24) is 4.90 Å². The van der Waals surface area contributed by atoms with E-state index in [0.29, 0.717) is 0 Å². The molecule has 0 saturated heterocycles. The van der Waals surface area contributed by atoms with Gasteiger partial charge in [0.15, 0.2) is 0 Å². The van der Waals surface area contributed by atoms with Gasteiger partial charge in [-0.2, -0.15) is 0 Å². The Bertz CT molecular complexity index is 814. The molecule has 2 aromatic carbocycles. The Kier molecular flexibility index (Phi) is 4.28. The number of aliphatic imine (C=N–C) groups is 2. The molecule has 25 heavy (non-hydrogen) atoms. The molecule has 0 N–H and O–H groups in total. The molecule has 1 atom stereocenters. The number of aryl methyl sites for hydroxylation is 1. The monoisotopic (exact) mass is 333 g/mol. The molecule has 0 bridgehead atoms. The Hall–Kier alpha value is -2.42. The maximum Gasteiger partial charge on any atom is 0.138 e. The second kappa shape index (κ2) is 6.14. The molecule has 2 aromatic rings. The van der Waals surface area contributed by atoms with E-state index in [-0.39, 0.29) is 10.8 Å². The molecule has 3 heteroatoms. The molecule has 1 unspecified atom stereocenters. The second-order valence-corrected chi connectivity index (χ2v) is 7.72. The van der Waals surface area contributed by atoms with E-state index in [1.54, 1.807) is 0 Å². The molecule has 0 aliphatic carbocycles. The highest BCUT2D eigenvalue weighted by atomic mass is 15.2. The van der Waals surface area contributed by atoms with Crippen molar-refractivity contribution in [2.45, 2.75) is 33.1 Å². The third-order valence-electron chi connectivity index (χ3n) is 5.51. The molecular formula is C22H27N3. The maximum atomic E-state index is 4.98. The molecule has 3 nitrogen and oxygen atoms in total. The largest absolute Gasteiger partial charge is 0.365 e. The SMILES string of the molecule is Cc1ccc(N=C2N=C(N(C)C)C(C)(c3ccccc3)C2(C)C)cc1. The van der Waals surface area contributed by atoms with Gasteiger partial charge < -0.3 is 4.90 Å². The average molecular weight is 333 g/mol. The first kappa shape index (κ1) is 17.4. The summed E-state index contributed by atoms with van der Waals surface area (Å²) in [6, 6.07) is 18.9. The predicted molar refractivity (Wildman–Crippen MR) is 107 cm³/mol. The van der Waals surface area contributed by atoms with Gasteiger partial charge in [0, 0.05) is 19.5 Å². The van der Waals surface area contributed by atoms with Gasteiger partial charge >= 0.3 is 0 Å². The molecule has 0 radical (unpaired) electrons. The van der Waals surface area contributed by atoms with Gasteiger partial charge in [-0.3, -0.25) is 0 Å². The standard InChI is InChI=1S/C22H27N3/c1-16-12-14-18(15-13-16)23-19-21(2,3)22(4,20(24-19)25(5)6)17-10-8-7-9-11-17/h7-15H,1-6H3. The van der Waals surface area contributed by atoms with Gasteiger partial charge in [0.1, 0.15) is 11.7 Å². The zero-order chi connectivity index (χ0) is 18.2. The van der Waals surface area contributed by atoms with Crippen molar-refractivity contribution in [2.24, 2.45) is 15.4 Å². The third-order valence-corrected chi connectivity index (χ3v) is 5.51. The van der Waals surface area contributed by atoms with Crippen molar-refractivity contribution in [3.05, 3.63) is 65.7 Å². The summed E-state index contributed by atoms with van der Waals surface area (Å²) in [7, 11) is 4.12. The van der Waals surface area contributed by atoms with Gasteiger partial charge in [0.05, 0.1) is 11.1 Å². The Morgan fingerprint density at radius 1 is 0.880 bits per heavy atom. The van der Waals surface area contributed by atoms with Crippen LogP contribution in [0, 0.1) is 12.3 Å². The normalized spacial score (nSPS) is 23.6. The topological polar surface area (TPSA) is 28.0 Å². The van der Waals surface area contributed by atoms with Crippen molar-refractivity contribution in [3.63, 3.8) is 0 Å². The fourth-order valence-corrected chi connectivity index (χ4v) is 3.57. The van der Waals surface area contributed by atoms with Crippen LogP contribution in [0.3, 0.4) is 0 Å². The zero-order valence-corrected chi connectivity index (χ0v) is 16.0. The molecule has 1 aliphatic heterocycles. The molecule has 1 heterocycles. The Balaban J connectivity index is 2.16. The van der Waals surface area contributed by atoms with Crippen LogP contribution < -0.4 is 0 Å². The quantitative estimate of drug-likeness (QED) is 0.761. The first-order valence-electron chi connectivity index (χ1n) is 8.74. The molecule has 0 aromatic heterocycles. The van der Waals surface area contributed by atoms with Crippen LogP contribution in [0.4, 0.5) is 5.69 Å². The van der Waals surface area contributed by atoms with E-state index in [9.17, 15) is 0 Å². The Labute approximate surface area is 151 Å². The highest BCUT2D eigenvalue weighted by Gasteiger charge is 2.55.